The van der Waals surface area contributed by atoms with Crippen molar-refractivity contribution in [1.29, 1.82) is 0 Å². The van der Waals surface area contributed by atoms with Crippen LogP contribution in [0.25, 0.3) is 0 Å². The Kier molecular flexibility index (Phi) is 3.35. The topological polar surface area (TPSA) is 29.5 Å². The summed E-state index contributed by atoms with van der Waals surface area (Å²) in [5, 5.41) is 9.06. The summed E-state index contributed by atoms with van der Waals surface area (Å²) >= 11 is 0. The van der Waals surface area contributed by atoms with E-state index in [1.165, 1.54) is 36.4 Å². The van der Waals surface area contributed by atoms with Crippen LogP contribution in [0.4, 0.5) is 8.78 Å². The molecule has 0 atom stereocenters. The quantitative estimate of drug-likeness (QED) is 0.886. The molecule has 0 saturated carbocycles. The van der Waals surface area contributed by atoms with E-state index in [9.17, 15) is 8.78 Å². The van der Waals surface area contributed by atoms with Crippen molar-refractivity contribution in [3.8, 4) is 11.5 Å². The van der Waals surface area contributed by atoms with Crippen molar-refractivity contribution in [3.05, 3.63) is 59.7 Å². The first-order valence-electron chi connectivity index (χ1n) is 5.02. The molecular formula is C13H10F2O2. The van der Waals surface area contributed by atoms with Crippen molar-refractivity contribution in [2.24, 2.45) is 0 Å². The zero-order valence-electron chi connectivity index (χ0n) is 8.86. The van der Waals surface area contributed by atoms with E-state index in [-0.39, 0.29) is 12.4 Å². The molecule has 0 radical (unpaired) electrons. The summed E-state index contributed by atoms with van der Waals surface area (Å²) in [6.45, 7) is -0.325. The van der Waals surface area contributed by atoms with Crippen LogP contribution in [0.3, 0.4) is 0 Å². The summed E-state index contributed by atoms with van der Waals surface area (Å²) in [7, 11) is 0. The molecule has 0 unspecified atom stereocenters. The molecule has 0 spiro atoms. The molecule has 0 amide bonds. The Morgan fingerprint density at radius 1 is 1.00 bits per heavy atom. The number of hydrogen-bond acceptors (Lipinski definition) is 2. The molecule has 17 heavy (non-hydrogen) atoms. The Morgan fingerprint density at radius 2 is 1.71 bits per heavy atom. The fourth-order valence-corrected chi connectivity index (χ4v) is 1.41. The summed E-state index contributed by atoms with van der Waals surface area (Å²) in [6.07, 6.45) is 0. The zero-order chi connectivity index (χ0) is 12.3. The minimum Gasteiger partial charge on any atom is -0.454 e. The average molecular weight is 236 g/mol. The molecule has 1 N–H and O–H groups in total. The largest absolute Gasteiger partial charge is 0.454 e. The van der Waals surface area contributed by atoms with Crippen LogP contribution in [0.2, 0.25) is 0 Å². The van der Waals surface area contributed by atoms with Gasteiger partial charge in [-0.3, -0.25) is 0 Å². The molecule has 2 aromatic rings. The molecule has 0 aliphatic heterocycles. The van der Waals surface area contributed by atoms with Gasteiger partial charge in [0.15, 0.2) is 11.6 Å². The highest BCUT2D eigenvalue weighted by Crippen LogP contribution is 2.28. The van der Waals surface area contributed by atoms with Gasteiger partial charge in [-0.05, 0) is 30.3 Å². The van der Waals surface area contributed by atoms with E-state index < -0.39 is 11.6 Å². The van der Waals surface area contributed by atoms with Gasteiger partial charge in [0.05, 0.1) is 6.61 Å². The van der Waals surface area contributed by atoms with Crippen molar-refractivity contribution in [1.82, 2.24) is 0 Å². The van der Waals surface area contributed by atoms with Crippen LogP contribution in [0.1, 0.15) is 5.56 Å². The number of hydrogen-bond donors (Lipinski definition) is 1. The molecular weight excluding hydrogens is 226 g/mol. The van der Waals surface area contributed by atoms with Gasteiger partial charge in [-0.2, -0.15) is 0 Å². The summed E-state index contributed by atoms with van der Waals surface area (Å²) in [4.78, 5) is 0. The fourth-order valence-electron chi connectivity index (χ4n) is 1.41. The summed E-state index contributed by atoms with van der Waals surface area (Å²) in [5.74, 6) is -0.693. The number of ether oxygens (including phenoxy) is 1. The van der Waals surface area contributed by atoms with Gasteiger partial charge in [-0.25, -0.2) is 8.78 Å². The smallest absolute Gasteiger partial charge is 0.168 e. The number of aliphatic hydroxyl groups excluding tert-OH is 1. The molecule has 4 heteroatoms. The Hall–Kier alpha value is -1.94. The highest BCUT2D eigenvalue weighted by Gasteiger charge is 2.10. The molecule has 2 nitrogen and oxygen atoms in total. The predicted molar refractivity (Wildman–Crippen MR) is 58.8 cm³/mol. The van der Waals surface area contributed by atoms with Gasteiger partial charge >= 0.3 is 0 Å². The third-order valence-electron chi connectivity index (χ3n) is 2.25. The first-order chi connectivity index (χ1) is 8.20. The third-order valence-corrected chi connectivity index (χ3v) is 2.25. The van der Waals surface area contributed by atoms with Crippen LogP contribution < -0.4 is 4.74 Å². The van der Waals surface area contributed by atoms with Gasteiger partial charge in [-0.15, -0.1) is 0 Å². The van der Waals surface area contributed by atoms with E-state index >= 15 is 0 Å². The lowest BCUT2D eigenvalue weighted by Gasteiger charge is -2.10. The summed E-state index contributed by atoms with van der Waals surface area (Å²) in [6, 6.07) is 9.49. The molecule has 0 aliphatic rings. The lowest BCUT2D eigenvalue weighted by Crippen LogP contribution is -1.95. The van der Waals surface area contributed by atoms with Crippen molar-refractivity contribution in [2.45, 2.75) is 6.61 Å². The summed E-state index contributed by atoms with van der Waals surface area (Å²) in [5.41, 5.74) is 0.342. The number of benzene rings is 2. The molecule has 2 aromatic carbocycles. The van der Waals surface area contributed by atoms with Gasteiger partial charge in [0.2, 0.25) is 0 Å². The van der Waals surface area contributed by atoms with Crippen molar-refractivity contribution in [3.63, 3.8) is 0 Å². The highest BCUT2D eigenvalue weighted by molar-refractivity contribution is 5.38. The van der Waals surface area contributed by atoms with Gasteiger partial charge < -0.3 is 9.84 Å². The first-order valence-corrected chi connectivity index (χ1v) is 5.02. The second-order valence-electron chi connectivity index (χ2n) is 3.44. The zero-order valence-corrected chi connectivity index (χ0v) is 8.86. The fraction of sp³-hybridized carbons (Fsp3) is 0.0769. The molecule has 0 aliphatic carbocycles. The molecule has 0 saturated heterocycles. The van der Waals surface area contributed by atoms with E-state index in [2.05, 4.69) is 0 Å². The van der Waals surface area contributed by atoms with E-state index in [0.29, 0.717) is 11.3 Å². The van der Waals surface area contributed by atoms with E-state index in [1.807, 2.05) is 0 Å². The lowest BCUT2D eigenvalue weighted by molar-refractivity contribution is 0.274. The minimum atomic E-state index is -0.569. The van der Waals surface area contributed by atoms with Crippen LogP contribution in [0, 0.1) is 11.6 Å². The summed E-state index contributed by atoms with van der Waals surface area (Å²) < 4.78 is 31.5. The number of para-hydroxylation sites is 1. The maximum absolute atomic E-state index is 13.5. The Bertz CT molecular complexity index is 509. The Balaban J connectivity index is 2.32. The highest BCUT2D eigenvalue weighted by atomic mass is 19.1. The second kappa shape index (κ2) is 4.93. The number of halogens is 2. The van der Waals surface area contributed by atoms with Gasteiger partial charge in [0.1, 0.15) is 11.6 Å². The monoisotopic (exact) mass is 236 g/mol. The first kappa shape index (κ1) is 11.5. The van der Waals surface area contributed by atoms with Crippen LogP contribution in [0.5, 0.6) is 11.5 Å². The molecule has 0 aromatic heterocycles. The normalized spacial score (nSPS) is 10.3. The van der Waals surface area contributed by atoms with Crippen LogP contribution >= 0.6 is 0 Å². The van der Waals surface area contributed by atoms with Crippen molar-refractivity contribution >= 4 is 0 Å². The Morgan fingerprint density at radius 3 is 2.35 bits per heavy atom. The maximum atomic E-state index is 13.5. The number of aliphatic hydroxyl groups is 1. The van der Waals surface area contributed by atoms with Gasteiger partial charge in [0.25, 0.3) is 0 Å². The van der Waals surface area contributed by atoms with E-state index in [1.54, 1.807) is 6.07 Å². The minimum absolute atomic E-state index is 0.0402. The van der Waals surface area contributed by atoms with E-state index in [0.717, 1.165) is 0 Å². The standard InChI is InChI=1S/C13H10F2O2/c14-10-4-6-11(7-5-10)17-13-9(8-16)2-1-3-12(13)15/h1-7,16H,8H2. The van der Waals surface area contributed by atoms with Gasteiger partial charge in [-0.1, -0.05) is 12.1 Å². The van der Waals surface area contributed by atoms with E-state index in [4.69, 9.17) is 9.84 Å². The molecule has 0 heterocycles. The second-order valence-corrected chi connectivity index (χ2v) is 3.44. The van der Waals surface area contributed by atoms with Crippen LogP contribution in [0.15, 0.2) is 42.5 Å². The molecule has 2 rings (SSSR count). The van der Waals surface area contributed by atoms with Crippen molar-refractivity contribution < 1.29 is 18.6 Å². The van der Waals surface area contributed by atoms with Crippen LogP contribution in [-0.4, -0.2) is 5.11 Å². The molecule has 0 bridgehead atoms. The van der Waals surface area contributed by atoms with Crippen LogP contribution in [-0.2, 0) is 6.61 Å². The van der Waals surface area contributed by atoms with Gasteiger partial charge in [0, 0.05) is 5.56 Å². The maximum Gasteiger partial charge on any atom is 0.168 e. The predicted octanol–water partition coefficient (Wildman–Crippen LogP) is 3.25. The van der Waals surface area contributed by atoms with Crippen molar-refractivity contribution in [2.75, 3.05) is 0 Å². The SMILES string of the molecule is OCc1cccc(F)c1Oc1ccc(F)cc1. The third kappa shape index (κ3) is 2.60. The lowest BCUT2D eigenvalue weighted by atomic mass is 10.2. The average Bonchev–Trinajstić information content (AvgIpc) is 2.34. The Labute approximate surface area is 97.1 Å². The number of rotatable bonds is 3. The molecule has 88 valence electrons. The molecule has 0 fully saturated rings.